The van der Waals surface area contributed by atoms with Crippen LogP contribution >= 0.6 is 11.6 Å². The zero-order chi connectivity index (χ0) is 11.4. The summed E-state index contributed by atoms with van der Waals surface area (Å²) < 4.78 is 5.71. The van der Waals surface area contributed by atoms with Crippen LogP contribution in [-0.4, -0.2) is 41.1 Å². The molecule has 2 unspecified atom stereocenters. The first-order valence-electron chi connectivity index (χ1n) is 5.60. The SMILES string of the molecule is CC1CN(Cc2cccnc2)CC(CCl)O1. The zero-order valence-electron chi connectivity index (χ0n) is 9.47. The Morgan fingerprint density at radius 1 is 1.56 bits per heavy atom. The lowest BCUT2D eigenvalue weighted by Crippen LogP contribution is -2.46. The van der Waals surface area contributed by atoms with Gasteiger partial charge in [0.2, 0.25) is 0 Å². The minimum absolute atomic E-state index is 0.155. The molecular weight excluding hydrogens is 224 g/mol. The zero-order valence-corrected chi connectivity index (χ0v) is 10.2. The fourth-order valence-electron chi connectivity index (χ4n) is 2.10. The third-order valence-electron chi connectivity index (χ3n) is 2.70. The average molecular weight is 241 g/mol. The van der Waals surface area contributed by atoms with Gasteiger partial charge in [-0.05, 0) is 18.6 Å². The Morgan fingerprint density at radius 3 is 3.12 bits per heavy atom. The van der Waals surface area contributed by atoms with Crippen LogP contribution in [0.25, 0.3) is 0 Å². The van der Waals surface area contributed by atoms with Crippen LogP contribution in [0.4, 0.5) is 0 Å². The molecule has 0 spiro atoms. The number of alkyl halides is 1. The predicted molar refractivity (Wildman–Crippen MR) is 64.6 cm³/mol. The molecule has 1 saturated heterocycles. The summed E-state index contributed by atoms with van der Waals surface area (Å²) in [6, 6.07) is 4.07. The number of hydrogen-bond donors (Lipinski definition) is 0. The van der Waals surface area contributed by atoms with E-state index in [1.54, 1.807) is 6.20 Å². The molecule has 88 valence electrons. The summed E-state index contributed by atoms with van der Waals surface area (Å²) in [5, 5.41) is 0. The Morgan fingerprint density at radius 2 is 2.44 bits per heavy atom. The Kier molecular flexibility index (Phi) is 4.16. The van der Waals surface area contributed by atoms with Crippen molar-refractivity contribution in [1.82, 2.24) is 9.88 Å². The lowest BCUT2D eigenvalue weighted by Gasteiger charge is -2.36. The Labute approximate surface area is 101 Å². The van der Waals surface area contributed by atoms with Gasteiger partial charge in [-0.15, -0.1) is 11.6 Å². The quantitative estimate of drug-likeness (QED) is 0.755. The number of rotatable bonds is 3. The van der Waals surface area contributed by atoms with E-state index in [1.165, 1.54) is 5.56 Å². The van der Waals surface area contributed by atoms with E-state index >= 15 is 0 Å². The van der Waals surface area contributed by atoms with E-state index in [9.17, 15) is 0 Å². The summed E-state index contributed by atoms with van der Waals surface area (Å²) >= 11 is 5.85. The van der Waals surface area contributed by atoms with E-state index in [-0.39, 0.29) is 12.2 Å². The molecule has 1 fully saturated rings. The van der Waals surface area contributed by atoms with E-state index < -0.39 is 0 Å². The molecular formula is C12H17ClN2O. The highest BCUT2D eigenvalue weighted by Crippen LogP contribution is 2.14. The number of hydrogen-bond acceptors (Lipinski definition) is 3. The van der Waals surface area contributed by atoms with Gasteiger partial charge < -0.3 is 4.74 Å². The number of halogens is 1. The van der Waals surface area contributed by atoms with Crippen molar-refractivity contribution in [3.05, 3.63) is 30.1 Å². The highest BCUT2D eigenvalue weighted by molar-refractivity contribution is 6.18. The molecule has 0 N–H and O–H groups in total. The second-order valence-corrected chi connectivity index (χ2v) is 4.59. The molecule has 4 heteroatoms. The van der Waals surface area contributed by atoms with Gasteiger partial charge in [0.1, 0.15) is 0 Å². The molecule has 0 aliphatic carbocycles. The Balaban J connectivity index is 1.94. The van der Waals surface area contributed by atoms with Gasteiger partial charge in [0.15, 0.2) is 0 Å². The van der Waals surface area contributed by atoms with Crippen LogP contribution in [0, 0.1) is 0 Å². The van der Waals surface area contributed by atoms with Crippen molar-refractivity contribution >= 4 is 11.6 Å². The van der Waals surface area contributed by atoms with Crippen LogP contribution in [-0.2, 0) is 11.3 Å². The Hall–Kier alpha value is -0.640. The number of nitrogens with zero attached hydrogens (tertiary/aromatic N) is 2. The molecule has 0 amide bonds. The van der Waals surface area contributed by atoms with Gasteiger partial charge in [-0.2, -0.15) is 0 Å². The minimum Gasteiger partial charge on any atom is -0.371 e. The summed E-state index contributed by atoms with van der Waals surface area (Å²) in [6.07, 6.45) is 4.12. The van der Waals surface area contributed by atoms with Crippen molar-refractivity contribution in [1.29, 1.82) is 0 Å². The van der Waals surface area contributed by atoms with Gasteiger partial charge in [0.25, 0.3) is 0 Å². The average Bonchev–Trinajstić information content (AvgIpc) is 2.29. The summed E-state index contributed by atoms with van der Waals surface area (Å²) in [7, 11) is 0. The number of ether oxygens (including phenoxy) is 1. The molecule has 0 bridgehead atoms. The monoisotopic (exact) mass is 240 g/mol. The predicted octanol–water partition coefficient (Wildman–Crippen LogP) is 1.91. The Bertz CT molecular complexity index is 320. The summed E-state index contributed by atoms with van der Waals surface area (Å²) in [4.78, 5) is 6.50. The van der Waals surface area contributed by atoms with Crippen LogP contribution in [0.3, 0.4) is 0 Å². The normalized spacial score (nSPS) is 26.9. The third kappa shape index (κ3) is 3.17. The molecule has 1 aromatic heterocycles. The highest BCUT2D eigenvalue weighted by atomic mass is 35.5. The topological polar surface area (TPSA) is 25.4 Å². The molecule has 2 heterocycles. The fraction of sp³-hybridized carbons (Fsp3) is 0.583. The first kappa shape index (κ1) is 11.8. The van der Waals surface area contributed by atoms with E-state index in [4.69, 9.17) is 16.3 Å². The smallest absolute Gasteiger partial charge is 0.0841 e. The molecule has 1 aromatic rings. The largest absolute Gasteiger partial charge is 0.371 e. The summed E-state index contributed by atoms with van der Waals surface area (Å²) in [5.74, 6) is 0.563. The van der Waals surface area contributed by atoms with Crippen molar-refractivity contribution in [3.8, 4) is 0 Å². The van der Waals surface area contributed by atoms with E-state index in [0.29, 0.717) is 5.88 Å². The number of morpholine rings is 1. The molecule has 2 rings (SSSR count). The van der Waals surface area contributed by atoms with Crippen LogP contribution < -0.4 is 0 Å². The lowest BCUT2D eigenvalue weighted by molar-refractivity contribution is -0.0689. The van der Waals surface area contributed by atoms with Gasteiger partial charge in [-0.25, -0.2) is 0 Å². The van der Waals surface area contributed by atoms with Crippen molar-refractivity contribution in [2.24, 2.45) is 0 Å². The van der Waals surface area contributed by atoms with Gasteiger partial charge in [0.05, 0.1) is 12.2 Å². The summed E-state index contributed by atoms with van der Waals surface area (Å²) in [6.45, 7) is 4.88. The van der Waals surface area contributed by atoms with E-state index in [1.807, 2.05) is 12.3 Å². The number of pyridine rings is 1. The first-order valence-corrected chi connectivity index (χ1v) is 6.14. The molecule has 2 atom stereocenters. The van der Waals surface area contributed by atoms with Gasteiger partial charge in [-0.1, -0.05) is 6.07 Å². The van der Waals surface area contributed by atoms with E-state index in [0.717, 1.165) is 19.6 Å². The number of aromatic nitrogens is 1. The second-order valence-electron chi connectivity index (χ2n) is 4.28. The van der Waals surface area contributed by atoms with Gasteiger partial charge >= 0.3 is 0 Å². The van der Waals surface area contributed by atoms with Gasteiger partial charge in [0, 0.05) is 37.9 Å². The van der Waals surface area contributed by atoms with Crippen molar-refractivity contribution in [2.45, 2.75) is 25.7 Å². The minimum atomic E-state index is 0.155. The molecule has 1 aliphatic rings. The van der Waals surface area contributed by atoms with Crippen LogP contribution in [0.2, 0.25) is 0 Å². The van der Waals surface area contributed by atoms with Crippen LogP contribution in [0.5, 0.6) is 0 Å². The highest BCUT2D eigenvalue weighted by Gasteiger charge is 2.24. The third-order valence-corrected chi connectivity index (χ3v) is 3.05. The molecule has 0 aromatic carbocycles. The molecule has 1 aliphatic heterocycles. The molecule has 3 nitrogen and oxygen atoms in total. The molecule has 0 radical (unpaired) electrons. The maximum Gasteiger partial charge on any atom is 0.0841 e. The van der Waals surface area contributed by atoms with Crippen LogP contribution in [0.1, 0.15) is 12.5 Å². The van der Waals surface area contributed by atoms with Crippen molar-refractivity contribution in [3.63, 3.8) is 0 Å². The maximum absolute atomic E-state index is 5.85. The standard InChI is InChI=1S/C12H17ClN2O/c1-10-7-15(9-12(5-13)16-10)8-11-3-2-4-14-6-11/h2-4,6,10,12H,5,7-9H2,1H3. The van der Waals surface area contributed by atoms with Crippen molar-refractivity contribution < 1.29 is 4.74 Å². The van der Waals surface area contributed by atoms with Gasteiger partial charge in [-0.3, -0.25) is 9.88 Å². The van der Waals surface area contributed by atoms with Crippen molar-refractivity contribution in [2.75, 3.05) is 19.0 Å². The first-order chi connectivity index (χ1) is 7.78. The van der Waals surface area contributed by atoms with Crippen LogP contribution in [0.15, 0.2) is 24.5 Å². The molecule has 16 heavy (non-hydrogen) atoms. The fourth-order valence-corrected chi connectivity index (χ4v) is 2.28. The lowest BCUT2D eigenvalue weighted by atomic mass is 10.2. The molecule has 0 saturated carbocycles. The second kappa shape index (κ2) is 5.62. The summed E-state index contributed by atoms with van der Waals surface area (Å²) in [5.41, 5.74) is 1.24. The van der Waals surface area contributed by atoms with E-state index in [2.05, 4.69) is 22.9 Å². The maximum atomic E-state index is 5.85.